The molecule has 1 atom stereocenters. The Labute approximate surface area is 128 Å². The third-order valence-electron chi connectivity index (χ3n) is 3.22. The molecule has 0 aromatic heterocycles. The van der Waals surface area contributed by atoms with Gasteiger partial charge in [0, 0.05) is 30.4 Å². The van der Waals surface area contributed by atoms with Crippen molar-refractivity contribution in [1.82, 2.24) is 10.0 Å². The highest BCUT2D eigenvalue weighted by Crippen LogP contribution is 2.20. The Balaban J connectivity index is 0.00000106. The minimum atomic E-state index is -3.49. The van der Waals surface area contributed by atoms with E-state index in [0.717, 1.165) is 19.4 Å². The first-order valence-corrected chi connectivity index (χ1v) is 9.04. The molecule has 5 nitrogen and oxygen atoms in total. The van der Waals surface area contributed by atoms with Gasteiger partial charge in [-0.25, -0.2) is 13.1 Å². The van der Waals surface area contributed by atoms with Crippen molar-refractivity contribution in [3.63, 3.8) is 0 Å². The number of aliphatic imine (C=N–C) groups is 1. The summed E-state index contributed by atoms with van der Waals surface area (Å²) < 4.78 is 27.3. The van der Waals surface area contributed by atoms with Gasteiger partial charge in [0.15, 0.2) is 0 Å². The van der Waals surface area contributed by atoms with Crippen LogP contribution < -0.4 is 10.0 Å². The second kappa shape index (κ2) is 7.87. The topological polar surface area (TPSA) is 70.6 Å². The SMILES string of the molecule is CC.CC1(C)C=CC(S(=O)(=O)NC2CCCNC2)=CN=C1. The lowest BCUT2D eigenvalue weighted by Gasteiger charge is -2.23. The largest absolute Gasteiger partial charge is 0.315 e. The first-order valence-electron chi connectivity index (χ1n) is 7.56. The van der Waals surface area contributed by atoms with E-state index in [1.165, 1.54) is 6.20 Å². The van der Waals surface area contributed by atoms with E-state index in [2.05, 4.69) is 15.0 Å². The molecule has 0 bridgehead atoms. The number of nitrogens with zero attached hydrogens (tertiary/aromatic N) is 1. The Morgan fingerprint density at radius 1 is 1.38 bits per heavy atom. The van der Waals surface area contributed by atoms with Crippen molar-refractivity contribution < 1.29 is 8.42 Å². The Morgan fingerprint density at radius 2 is 2.10 bits per heavy atom. The minimum absolute atomic E-state index is 0.0340. The van der Waals surface area contributed by atoms with Crippen LogP contribution in [0.15, 0.2) is 28.2 Å². The van der Waals surface area contributed by atoms with Crippen molar-refractivity contribution >= 4 is 16.2 Å². The van der Waals surface area contributed by atoms with Gasteiger partial charge in [0.2, 0.25) is 10.0 Å². The molecule has 2 N–H and O–H groups in total. The van der Waals surface area contributed by atoms with Gasteiger partial charge >= 0.3 is 0 Å². The smallest absolute Gasteiger partial charge is 0.242 e. The molecular weight excluding hydrogens is 286 g/mol. The summed E-state index contributed by atoms with van der Waals surface area (Å²) in [5, 5.41) is 3.19. The highest BCUT2D eigenvalue weighted by Gasteiger charge is 2.24. The first kappa shape index (κ1) is 18.1. The van der Waals surface area contributed by atoms with Gasteiger partial charge in [-0.2, -0.15) is 0 Å². The van der Waals surface area contributed by atoms with Crippen molar-refractivity contribution in [1.29, 1.82) is 0 Å². The van der Waals surface area contributed by atoms with Crippen LogP contribution in [-0.2, 0) is 10.0 Å². The fourth-order valence-electron chi connectivity index (χ4n) is 2.08. The monoisotopic (exact) mass is 313 g/mol. The van der Waals surface area contributed by atoms with Crippen LogP contribution in [0, 0.1) is 5.41 Å². The molecule has 0 aromatic carbocycles. The number of hydrogen-bond acceptors (Lipinski definition) is 4. The summed E-state index contributed by atoms with van der Waals surface area (Å²) in [5.74, 6) is 0. The summed E-state index contributed by atoms with van der Waals surface area (Å²) >= 11 is 0. The Morgan fingerprint density at radius 3 is 2.71 bits per heavy atom. The molecule has 120 valence electrons. The van der Waals surface area contributed by atoms with E-state index in [4.69, 9.17) is 0 Å². The summed E-state index contributed by atoms with van der Waals surface area (Å²) in [6.45, 7) is 9.61. The standard InChI is InChI=1S/C13H21N3O2S.C2H6/c1-13(2)6-5-12(9-15-10-13)19(17,18)16-11-4-3-7-14-8-11;1-2/h5-6,9-11,14,16H,3-4,7-8H2,1-2H3;1-2H3. The van der Waals surface area contributed by atoms with Crippen LogP contribution in [0.2, 0.25) is 0 Å². The van der Waals surface area contributed by atoms with Gasteiger partial charge in [0.25, 0.3) is 0 Å². The van der Waals surface area contributed by atoms with E-state index in [1.54, 1.807) is 12.3 Å². The third-order valence-corrected chi connectivity index (χ3v) is 4.72. The number of rotatable bonds is 3. The highest BCUT2D eigenvalue weighted by molar-refractivity contribution is 7.93. The van der Waals surface area contributed by atoms with Crippen LogP contribution >= 0.6 is 0 Å². The molecule has 0 aromatic rings. The third kappa shape index (κ3) is 5.73. The second-order valence-corrected chi connectivity index (χ2v) is 7.34. The predicted molar refractivity (Wildman–Crippen MR) is 88.8 cm³/mol. The van der Waals surface area contributed by atoms with Crippen LogP contribution in [0.4, 0.5) is 0 Å². The number of allylic oxidation sites excluding steroid dienone is 2. The van der Waals surface area contributed by atoms with Gasteiger partial charge in [0.05, 0.1) is 4.91 Å². The van der Waals surface area contributed by atoms with E-state index < -0.39 is 10.0 Å². The van der Waals surface area contributed by atoms with E-state index in [0.29, 0.717) is 6.54 Å². The summed E-state index contributed by atoms with van der Waals surface area (Å²) in [6, 6.07) is -0.0340. The van der Waals surface area contributed by atoms with Crippen molar-refractivity contribution in [3.8, 4) is 0 Å². The van der Waals surface area contributed by atoms with Crippen molar-refractivity contribution in [2.75, 3.05) is 13.1 Å². The molecule has 0 amide bonds. The fraction of sp³-hybridized carbons (Fsp3) is 0.667. The molecule has 1 unspecified atom stereocenters. The molecule has 21 heavy (non-hydrogen) atoms. The van der Waals surface area contributed by atoms with Gasteiger partial charge < -0.3 is 5.32 Å². The molecule has 2 rings (SSSR count). The lowest BCUT2D eigenvalue weighted by molar-refractivity contribution is 0.430. The number of hydrogen-bond donors (Lipinski definition) is 2. The zero-order valence-electron chi connectivity index (χ0n) is 13.4. The summed E-state index contributed by atoms with van der Waals surface area (Å²) in [4.78, 5) is 4.30. The molecule has 6 heteroatoms. The summed E-state index contributed by atoms with van der Waals surface area (Å²) in [6.07, 6.45) is 8.50. The molecule has 0 aliphatic carbocycles. The van der Waals surface area contributed by atoms with Crippen LogP contribution in [0.1, 0.15) is 40.5 Å². The number of piperidine rings is 1. The van der Waals surface area contributed by atoms with Gasteiger partial charge in [-0.15, -0.1) is 0 Å². The first-order chi connectivity index (χ1) is 9.89. The molecule has 2 heterocycles. The van der Waals surface area contributed by atoms with Gasteiger partial charge in [0.1, 0.15) is 0 Å². The fourth-order valence-corrected chi connectivity index (χ4v) is 3.31. The predicted octanol–water partition coefficient (Wildman–Crippen LogP) is 2.19. The van der Waals surface area contributed by atoms with Crippen LogP contribution in [0.25, 0.3) is 0 Å². The average molecular weight is 313 g/mol. The van der Waals surface area contributed by atoms with E-state index in [9.17, 15) is 8.42 Å². The lowest BCUT2D eigenvalue weighted by atomic mass is 9.95. The zero-order chi connectivity index (χ0) is 15.9. The Bertz CT molecular complexity index is 513. The van der Waals surface area contributed by atoms with Crippen molar-refractivity contribution in [2.24, 2.45) is 10.4 Å². The molecular formula is C15H27N3O2S. The van der Waals surface area contributed by atoms with Gasteiger partial charge in [-0.1, -0.05) is 33.8 Å². The van der Waals surface area contributed by atoms with E-state index >= 15 is 0 Å². The lowest BCUT2D eigenvalue weighted by Crippen LogP contribution is -2.45. The second-order valence-electron chi connectivity index (χ2n) is 5.63. The van der Waals surface area contributed by atoms with Crippen LogP contribution in [0.5, 0.6) is 0 Å². The van der Waals surface area contributed by atoms with E-state index in [1.807, 2.05) is 33.8 Å². The minimum Gasteiger partial charge on any atom is -0.315 e. The van der Waals surface area contributed by atoms with Crippen molar-refractivity contribution in [3.05, 3.63) is 23.3 Å². The maximum atomic E-state index is 12.3. The van der Waals surface area contributed by atoms with Crippen LogP contribution in [-0.4, -0.2) is 33.8 Å². The summed E-state index contributed by atoms with van der Waals surface area (Å²) in [5.41, 5.74) is -0.222. The Kier molecular flexibility index (Phi) is 6.77. The van der Waals surface area contributed by atoms with Gasteiger partial charge in [-0.05, 0) is 25.5 Å². The number of nitrogens with one attached hydrogen (secondary N) is 2. The molecule has 0 spiro atoms. The summed E-state index contributed by atoms with van der Waals surface area (Å²) in [7, 11) is -3.49. The van der Waals surface area contributed by atoms with Gasteiger partial charge in [-0.3, -0.25) is 4.99 Å². The average Bonchev–Trinajstić information content (AvgIpc) is 2.63. The van der Waals surface area contributed by atoms with Crippen LogP contribution in [0.3, 0.4) is 0 Å². The molecule has 2 aliphatic rings. The normalized spacial score (nSPS) is 24.6. The quantitative estimate of drug-likeness (QED) is 0.839. The maximum absolute atomic E-state index is 12.3. The highest BCUT2D eigenvalue weighted by atomic mass is 32.2. The molecule has 0 radical (unpaired) electrons. The van der Waals surface area contributed by atoms with Crippen molar-refractivity contribution in [2.45, 2.75) is 46.6 Å². The molecule has 1 fully saturated rings. The molecule has 2 aliphatic heterocycles. The molecule has 0 saturated carbocycles. The number of sulfonamides is 1. The molecule has 1 saturated heterocycles. The van der Waals surface area contributed by atoms with E-state index in [-0.39, 0.29) is 16.4 Å². The maximum Gasteiger partial charge on any atom is 0.242 e. The zero-order valence-corrected chi connectivity index (χ0v) is 14.2. The Hall–Kier alpha value is -0.980.